The van der Waals surface area contributed by atoms with E-state index in [4.69, 9.17) is 11.1 Å². The van der Waals surface area contributed by atoms with Gasteiger partial charge in [-0.1, -0.05) is 0 Å². The Morgan fingerprint density at radius 1 is 1.05 bits per heavy atom. The number of nitrogens with one attached hydrogen (secondary N) is 1. The molecule has 4 heteroatoms. The van der Waals surface area contributed by atoms with Crippen LogP contribution in [0.5, 0.6) is 0 Å². The van der Waals surface area contributed by atoms with Gasteiger partial charge in [-0.2, -0.15) is 0 Å². The Morgan fingerprint density at radius 3 is 1.95 bits per heavy atom. The molecule has 0 aromatic heterocycles. The number of benzene rings is 2. The SMILES string of the molecule is CCN(c1ccc(F)cc1)c1ccc(C(=N)N)cc1. The van der Waals surface area contributed by atoms with E-state index < -0.39 is 0 Å². The molecule has 98 valence electrons. The minimum absolute atomic E-state index is 0.0522. The highest BCUT2D eigenvalue weighted by Gasteiger charge is 2.07. The fourth-order valence-corrected chi connectivity index (χ4v) is 1.96. The Balaban J connectivity index is 2.31. The maximum Gasteiger partial charge on any atom is 0.123 e. The molecule has 3 nitrogen and oxygen atoms in total. The third-order valence-corrected chi connectivity index (χ3v) is 2.94. The van der Waals surface area contributed by atoms with Gasteiger partial charge in [0.1, 0.15) is 11.7 Å². The van der Waals surface area contributed by atoms with Crippen molar-refractivity contribution in [3.05, 3.63) is 59.9 Å². The topological polar surface area (TPSA) is 53.1 Å². The van der Waals surface area contributed by atoms with Gasteiger partial charge in [0.2, 0.25) is 0 Å². The fourth-order valence-electron chi connectivity index (χ4n) is 1.96. The summed E-state index contributed by atoms with van der Waals surface area (Å²) in [5, 5.41) is 7.37. The van der Waals surface area contributed by atoms with Gasteiger partial charge < -0.3 is 10.6 Å². The zero-order chi connectivity index (χ0) is 13.8. The van der Waals surface area contributed by atoms with Crippen LogP contribution in [0.15, 0.2) is 48.5 Å². The molecule has 0 atom stereocenters. The van der Waals surface area contributed by atoms with E-state index in [2.05, 4.69) is 4.90 Å². The van der Waals surface area contributed by atoms with Crippen LogP contribution in [0, 0.1) is 11.2 Å². The highest BCUT2D eigenvalue weighted by atomic mass is 19.1. The smallest absolute Gasteiger partial charge is 0.123 e. The average molecular weight is 257 g/mol. The van der Waals surface area contributed by atoms with Crippen molar-refractivity contribution >= 4 is 17.2 Å². The van der Waals surface area contributed by atoms with Crippen molar-refractivity contribution in [3.8, 4) is 0 Å². The summed E-state index contributed by atoms with van der Waals surface area (Å²) in [6.45, 7) is 2.80. The molecule has 3 N–H and O–H groups in total. The number of halogens is 1. The van der Waals surface area contributed by atoms with Crippen molar-refractivity contribution in [2.24, 2.45) is 5.73 Å². The molecule has 0 saturated carbocycles. The third-order valence-electron chi connectivity index (χ3n) is 2.94. The Labute approximate surface area is 112 Å². The maximum absolute atomic E-state index is 12.9. The molecule has 0 unspecified atom stereocenters. The average Bonchev–Trinajstić information content (AvgIpc) is 2.42. The van der Waals surface area contributed by atoms with Crippen LogP contribution in [0.2, 0.25) is 0 Å². The number of hydrogen-bond acceptors (Lipinski definition) is 2. The summed E-state index contributed by atoms with van der Waals surface area (Å²) in [6, 6.07) is 13.8. The van der Waals surface area contributed by atoms with Crippen molar-refractivity contribution in [3.63, 3.8) is 0 Å². The first-order valence-electron chi connectivity index (χ1n) is 6.09. The van der Waals surface area contributed by atoms with Crippen molar-refractivity contribution in [1.29, 1.82) is 5.41 Å². The summed E-state index contributed by atoms with van der Waals surface area (Å²) in [4.78, 5) is 2.06. The zero-order valence-corrected chi connectivity index (χ0v) is 10.7. The van der Waals surface area contributed by atoms with Crippen LogP contribution >= 0.6 is 0 Å². The molecule has 0 radical (unpaired) electrons. The minimum atomic E-state index is -0.244. The van der Waals surface area contributed by atoms with Crippen LogP contribution in [0.25, 0.3) is 0 Å². The van der Waals surface area contributed by atoms with Crippen molar-refractivity contribution < 1.29 is 4.39 Å². The molecule has 0 spiro atoms. The lowest BCUT2D eigenvalue weighted by Crippen LogP contribution is -2.16. The predicted molar refractivity (Wildman–Crippen MR) is 76.5 cm³/mol. The van der Waals surface area contributed by atoms with Crippen LogP contribution in [0.4, 0.5) is 15.8 Å². The second-order valence-electron chi connectivity index (χ2n) is 4.18. The molecule has 0 saturated heterocycles. The molecular weight excluding hydrogens is 241 g/mol. The van der Waals surface area contributed by atoms with Gasteiger partial charge >= 0.3 is 0 Å². The van der Waals surface area contributed by atoms with E-state index in [9.17, 15) is 4.39 Å². The molecule has 0 heterocycles. The van der Waals surface area contributed by atoms with E-state index in [0.29, 0.717) is 5.56 Å². The molecular formula is C15H16FN3. The first-order chi connectivity index (χ1) is 9.11. The first kappa shape index (κ1) is 13.1. The quantitative estimate of drug-likeness (QED) is 0.652. The molecule has 2 rings (SSSR count). The molecule has 19 heavy (non-hydrogen) atoms. The Kier molecular flexibility index (Phi) is 3.80. The lowest BCUT2D eigenvalue weighted by molar-refractivity contribution is 0.628. The zero-order valence-electron chi connectivity index (χ0n) is 10.7. The van der Waals surface area contributed by atoms with Crippen LogP contribution in [-0.4, -0.2) is 12.4 Å². The van der Waals surface area contributed by atoms with Gasteiger partial charge in [-0.25, -0.2) is 4.39 Å². The summed E-state index contributed by atoms with van der Waals surface area (Å²) in [5.74, 6) is -0.192. The number of amidine groups is 1. The van der Waals surface area contributed by atoms with Gasteiger partial charge in [-0.3, -0.25) is 5.41 Å². The third kappa shape index (κ3) is 2.91. The first-order valence-corrected chi connectivity index (χ1v) is 6.09. The monoisotopic (exact) mass is 257 g/mol. The van der Waals surface area contributed by atoms with E-state index in [-0.39, 0.29) is 11.7 Å². The Bertz CT molecular complexity index is 561. The number of hydrogen-bond donors (Lipinski definition) is 2. The summed E-state index contributed by atoms with van der Waals surface area (Å²) < 4.78 is 12.9. The van der Waals surface area contributed by atoms with Gasteiger partial charge in [0.05, 0.1) is 0 Å². The van der Waals surface area contributed by atoms with E-state index in [1.165, 1.54) is 12.1 Å². The van der Waals surface area contributed by atoms with E-state index in [0.717, 1.165) is 17.9 Å². The number of nitrogens with two attached hydrogens (primary N) is 1. The van der Waals surface area contributed by atoms with E-state index >= 15 is 0 Å². The summed E-state index contributed by atoms with van der Waals surface area (Å²) in [5.41, 5.74) is 8.04. The molecule has 0 aliphatic heterocycles. The number of rotatable bonds is 4. The molecule has 0 aliphatic rings. The van der Waals surface area contributed by atoms with E-state index in [1.807, 2.05) is 31.2 Å². The predicted octanol–water partition coefficient (Wildman–Crippen LogP) is 3.27. The van der Waals surface area contributed by atoms with Gasteiger partial charge in [-0.15, -0.1) is 0 Å². The summed E-state index contributed by atoms with van der Waals surface area (Å²) in [7, 11) is 0. The number of anilines is 2. The summed E-state index contributed by atoms with van der Waals surface area (Å²) in [6.07, 6.45) is 0. The molecule has 0 bridgehead atoms. The normalized spacial score (nSPS) is 10.2. The highest BCUT2D eigenvalue weighted by Crippen LogP contribution is 2.25. The molecule has 0 aliphatic carbocycles. The molecule has 2 aromatic carbocycles. The lowest BCUT2D eigenvalue weighted by atomic mass is 10.1. The Hall–Kier alpha value is -2.36. The molecule has 0 amide bonds. The second-order valence-corrected chi connectivity index (χ2v) is 4.18. The largest absolute Gasteiger partial charge is 0.384 e. The number of nitrogens with zero attached hydrogens (tertiary/aromatic N) is 1. The maximum atomic E-state index is 12.9. The van der Waals surface area contributed by atoms with E-state index in [1.54, 1.807) is 12.1 Å². The second kappa shape index (κ2) is 5.52. The van der Waals surface area contributed by atoms with Gasteiger partial charge in [0.15, 0.2) is 0 Å². The molecule has 0 fully saturated rings. The Morgan fingerprint density at radius 2 is 1.53 bits per heavy atom. The van der Waals surface area contributed by atoms with Gasteiger partial charge in [0, 0.05) is 23.5 Å². The fraction of sp³-hybridized carbons (Fsp3) is 0.133. The minimum Gasteiger partial charge on any atom is -0.384 e. The van der Waals surface area contributed by atoms with Crippen LogP contribution < -0.4 is 10.6 Å². The van der Waals surface area contributed by atoms with Gasteiger partial charge in [-0.05, 0) is 55.5 Å². The van der Waals surface area contributed by atoms with Crippen molar-refractivity contribution in [1.82, 2.24) is 0 Å². The van der Waals surface area contributed by atoms with Gasteiger partial charge in [0.25, 0.3) is 0 Å². The highest BCUT2D eigenvalue weighted by molar-refractivity contribution is 5.95. The standard InChI is InChI=1S/C15H16FN3/c1-2-19(14-9-5-12(16)6-10-14)13-7-3-11(4-8-13)15(17)18/h3-10H,2H2,1H3,(H3,17,18). The van der Waals surface area contributed by atoms with Crippen LogP contribution in [-0.2, 0) is 0 Å². The summed E-state index contributed by atoms with van der Waals surface area (Å²) >= 11 is 0. The van der Waals surface area contributed by atoms with Crippen LogP contribution in [0.1, 0.15) is 12.5 Å². The lowest BCUT2D eigenvalue weighted by Gasteiger charge is -2.23. The van der Waals surface area contributed by atoms with Crippen molar-refractivity contribution in [2.45, 2.75) is 6.92 Å². The number of nitrogen functional groups attached to an aromatic ring is 1. The van der Waals surface area contributed by atoms with Crippen molar-refractivity contribution in [2.75, 3.05) is 11.4 Å². The van der Waals surface area contributed by atoms with Crippen LogP contribution in [0.3, 0.4) is 0 Å². The molecule has 2 aromatic rings.